The molecule has 32 heavy (non-hydrogen) atoms. The Labute approximate surface area is 191 Å². The fourth-order valence-electron chi connectivity index (χ4n) is 3.14. The maximum Gasteiger partial charge on any atom is 0.492 e. The fourth-order valence-corrected chi connectivity index (χ4v) is 3.14. The van der Waals surface area contributed by atoms with Gasteiger partial charge in [-0.25, -0.2) is 9.18 Å². The maximum atomic E-state index is 14.1. The summed E-state index contributed by atoms with van der Waals surface area (Å²) < 4.78 is 37.8. The van der Waals surface area contributed by atoms with Gasteiger partial charge in [-0.05, 0) is 90.9 Å². The zero-order valence-corrected chi connectivity index (χ0v) is 20.2. The van der Waals surface area contributed by atoms with Gasteiger partial charge in [-0.15, -0.1) is 0 Å². The lowest BCUT2D eigenvalue weighted by atomic mass is 9.77. The number of nitrogens with one attached hydrogen (secondary N) is 1. The number of carbonyl (C=O) groups excluding carboxylic acids is 1. The summed E-state index contributed by atoms with van der Waals surface area (Å²) in [5, 5.41) is 2.76. The first kappa shape index (κ1) is 24.6. The van der Waals surface area contributed by atoms with E-state index < -0.39 is 30.0 Å². The first-order valence-corrected chi connectivity index (χ1v) is 11.2. The lowest BCUT2D eigenvalue weighted by molar-refractivity contribution is 0.00578. The minimum absolute atomic E-state index is 0.115. The van der Waals surface area contributed by atoms with Gasteiger partial charge in [-0.1, -0.05) is 6.08 Å². The molecule has 0 atom stereocenters. The summed E-state index contributed by atoms with van der Waals surface area (Å²) in [4.78, 5) is 12.3. The fraction of sp³-hybridized carbons (Fsp3) is 0.625. The van der Waals surface area contributed by atoms with Crippen LogP contribution in [0.4, 0.5) is 9.18 Å². The van der Waals surface area contributed by atoms with Crippen molar-refractivity contribution in [3.63, 3.8) is 0 Å². The number of carbonyl (C=O) groups is 1. The molecule has 1 aromatic carbocycles. The van der Waals surface area contributed by atoms with Crippen molar-refractivity contribution >= 4 is 19.3 Å². The van der Waals surface area contributed by atoms with Gasteiger partial charge in [0.15, 0.2) is 0 Å². The van der Waals surface area contributed by atoms with Crippen LogP contribution in [0.3, 0.4) is 0 Å². The number of amides is 1. The van der Waals surface area contributed by atoms with Crippen molar-refractivity contribution in [3.05, 3.63) is 35.1 Å². The molecule has 1 aromatic rings. The number of hydrogen-bond acceptors (Lipinski definition) is 5. The Morgan fingerprint density at radius 1 is 1.22 bits per heavy atom. The van der Waals surface area contributed by atoms with Crippen LogP contribution in [0.25, 0.3) is 6.08 Å². The molecule has 6 nitrogen and oxygen atoms in total. The highest BCUT2D eigenvalue weighted by Gasteiger charge is 2.52. The smallest absolute Gasteiger partial charge is 0.492 e. The average Bonchev–Trinajstić information content (AvgIpc) is 3.42. The minimum atomic E-state index is -0.713. The number of hydrogen-bond donors (Lipinski definition) is 1. The zero-order valence-electron chi connectivity index (χ0n) is 20.2. The molecule has 8 heteroatoms. The van der Waals surface area contributed by atoms with Crippen molar-refractivity contribution in [2.45, 2.75) is 78.1 Å². The molecule has 0 bridgehead atoms. The highest BCUT2D eigenvalue weighted by atomic mass is 19.1. The van der Waals surface area contributed by atoms with E-state index in [-0.39, 0.29) is 12.4 Å². The summed E-state index contributed by atoms with van der Waals surface area (Å²) in [5.74, 6) is 0.779. The summed E-state index contributed by atoms with van der Waals surface area (Å²) in [7, 11) is -0.713. The van der Waals surface area contributed by atoms with Gasteiger partial charge in [0, 0.05) is 12.1 Å². The SMILES string of the molecule is CC(C)(C)OC(=O)NCC(=Cc1cc(F)ccc1OCC1CC1)B1OC(C)(C)C(C)(C)O1. The molecule has 3 rings (SSSR count). The van der Waals surface area contributed by atoms with Crippen molar-refractivity contribution in [2.75, 3.05) is 13.2 Å². The van der Waals surface area contributed by atoms with Crippen LogP contribution < -0.4 is 10.1 Å². The van der Waals surface area contributed by atoms with E-state index in [9.17, 15) is 9.18 Å². The van der Waals surface area contributed by atoms with E-state index in [4.69, 9.17) is 18.8 Å². The molecule has 2 aliphatic rings. The molecule has 2 fully saturated rings. The quantitative estimate of drug-likeness (QED) is 0.586. The molecule has 1 aliphatic carbocycles. The third kappa shape index (κ3) is 6.48. The molecule has 1 amide bonds. The largest absolute Gasteiger partial charge is 0.493 e. The van der Waals surface area contributed by atoms with Crippen LogP contribution >= 0.6 is 0 Å². The predicted octanol–water partition coefficient (Wildman–Crippen LogP) is 5.15. The lowest BCUT2D eigenvalue weighted by Gasteiger charge is -2.32. The van der Waals surface area contributed by atoms with E-state index >= 15 is 0 Å². The summed E-state index contributed by atoms with van der Waals surface area (Å²) >= 11 is 0. The average molecular weight is 447 g/mol. The van der Waals surface area contributed by atoms with Crippen LogP contribution in [0.2, 0.25) is 0 Å². The highest BCUT2D eigenvalue weighted by molar-refractivity contribution is 6.56. The molecule has 1 heterocycles. The van der Waals surface area contributed by atoms with Gasteiger partial charge in [-0.3, -0.25) is 0 Å². The third-order valence-electron chi connectivity index (χ3n) is 5.88. The van der Waals surface area contributed by atoms with Crippen LogP contribution in [0.1, 0.15) is 66.9 Å². The monoisotopic (exact) mass is 447 g/mol. The Bertz CT molecular complexity index is 858. The topological polar surface area (TPSA) is 66.0 Å². The molecule has 1 N–H and O–H groups in total. The molecule has 0 radical (unpaired) electrons. The summed E-state index contributed by atoms with van der Waals surface area (Å²) in [5.41, 5.74) is -0.533. The molecule has 1 saturated carbocycles. The van der Waals surface area contributed by atoms with Crippen LogP contribution in [0.15, 0.2) is 23.7 Å². The van der Waals surface area contributed by atoms with Gasteiger partial charge in [0.05, 0.1) is 17.8 Å². The number of rotatable bonds is 7. The van der Waals surface area contributed by atoms with E-state index in [1.165, 1.54) is 12.1 Å². The predicted molar refractivity (Wildman–Crippen MR) is 123 cm³/mol. The molecule has 0 unspecified atom stereocenters. The Hall–Kier alpha value is -2.06. The molecule has 1 saturated heterocycles. The molecule has 0 spiro atoms. The second kappa shape index (κ2) is 9.06. The standard InChI is InChI=1S/C24H35BFNO5/c1-22(2,3)30-21(28)27-14-18(25-31-23(4,5)24(6,7)32-25)12-17-13-19(26)10-11-20(17)29-15-16-8-9-16/h10-13,16H,8-9,14-15H2,1-7H3,(H,27,28). The van der Waals surface area contributed by atoms with Gasteiger partial charge in [0.25, 0.3) is 0 Å². The van der Waals surface area contributed by atoms with Gasteiger partial charge in [0.2, 0.25) is 0 Å². The Morgan fingerprint density at radius 2 is 1.84 bits per heavy atom. The van der Waals surface area contributed by atoms with Gasteiger partial charge >= 0.3 is 13.2 Å². The second-order valence-corrected chi connectivity index (χ2v) is 10.6. The first-order valence-electron chi connectivity index (χ1n) is 11.2. The van der Waals surface area contributed by atoms with Gasteiger partial charge in [0.1, 0.15) is 17.2 Å². The lowest BCUT2D eigenvalue weighted by Crippen LogP contribution is -2.41. The van der Waals surface area contributed by atoms with Crippen molar-refractivity contribution in [3.8, 4) is 5.75 Å². The molecule has 0 aromatic heterocycles. The van der Waals surface area contributed by atoms with E-state index in [1.807, 2.05) is 27.7 Å². The van der Waals surface area contributed by atoms with E-state index in [0.29, 0.717) is 29.3 Å². The summed E-state index contributed by atoms with van der Waals surface area (Å²) in [6.45, 7) is 13.9. The number of halogens is 1. The summed E-state index contributed by atoms with van der Waals surface area (Å²) in [6, 6.07) is 4.43. The number of alkyl carbamates (subject to hydrolysis) is 1. The van der Waals surface area contributed by atoms with Crippen molar-refractivity contribution < 1.29 is 28.0 Å². The second-order valence-electron chi connectivity index (χ2n) is 10.6. The maximum absolute atomic E-state index is 14.1. The van der Waals surface area contributed by atoms with E-state index in [2.05, 4.69) is 5.32 Å². The third-order valence-corrected chi connectivity index (χ3v) is 5.88. The van der Waals surface area contributed by atoms with E-state index in [1.54, 1.807) is 32.9 Å². The van der Waals surface area contributed by atoms with Crippen molar-refractivity contribution in [1.29, 1.82) is 0 Å². The first-order chi connectivity index (χ1) is 14.8. The molecular weight excluding hydrogens is 412 g/mol. The zero-order chi connectivity index (χ0) is 23.7. The highest BCUT2D eigenvalue weighted by Crippen LogP contribution is 2.39. The molecule has 176 valence electrons. The summed E-state index contributed by atoms with van der Waals surface area (Å²) in [6.07, 6.45) is 3.53. The van der Waals surface area contributed by atoms with Gasteiger partial charge < -0.3 is 24.1 Å². The van der Waals surface area contributed by atoms with Crippen LogP contribution in [0, 0.1) is 11.7 Å². The van der Waals surface area contributed by atoms with Crippen LogP contribution in [0.5, 0.6) is 5.75 Å². The van der Waals surface area contributed by atoms with Gasteiger partial charge in [-0.2, -0.15) is 0 Å². The van der Waals surface area contributed by atoms with Crippen LogP contribution in [-0.2, 0) is 14.0 Å². The Kier molecular flexibility index (Phi) is 6.96. The van der Waals surface area contributed by atoms with Crippen molar-refractivity contribution in [2.24, 2.45) is 5.92 Å². The number of ether oxygens (including phenoxy) is 2. The Balaban J connectivity index is 1.87. The van der Waals surface area contributed by atoms with Crippen molar-refractivity contribution in [1.82, 2.24) is 5.32 Å². The number of benzene rings is 1. The van der Waals surface area contributed by atoms with Crippen LogP contribution in [-0.4, -0.2) is 43.2 Å². The molecular formula is C24H35BFNO5. The normalized spacial score (nSPS) is 20.2. The minimum Gasteiger partial charge on any atom is -0.493 e. The molecule has 1 aliphatic heterocycles. The van der Waals surface area contributed by atoms with E-state index in [0.717, 1.165) is 12.8 Å². The Morgan fingerprint density at radius 3 is 2.41 bits per heavy atom.